The summed E-state index contributed by atoms with van der Waals surface area (Å²) in [5, 5.41) is 11.9. The van der Waals surface area contributed by atoms with Crippen LogP contribution in [-0.4, -0.2) is 47.0 Å². The third kappa shape index (κ3) is 3.98. The molecule has 25 heavy (non-hydrogen) atoms. The second kappa shape index (κ2) is 6.60. The van der Waals surface area contributed by atoms with Gasteiger partial charge in [-0.2, -0.15) is 5.26 Å². The molecule has 6 nitrogen and oxygen atoms in total. The number of hydrogen-bond acceptors (Lipinski definition) is 4. The largest absolute Gasteiger partial charge is 0.326 e. The first-order valence-electron chi connectivity index (χ1n) is 9.48. The highest BCUT2D eigenvalue weighted by molar-refractivity contribution is 6.07. The maximum Gasteiger partial charge on any atom is 0.326 e. The number of rotatable bonds is 6. The predicted octanol–water partition coefficient (Wildman–Crippen LogP) is 2.71. The maximum absolute atomic E-state index is 13.2. The van der Waals surface area contributed by atoms with E-state index in [4.69, 9.17) is 5.26 Å². The second-order valence-corrected chi connectivity index (χ2v) is 9.17. The third-order valence-corrected chi connectivity index (χ3v) is 5.72. The standard InChI is InChI=1S/C19H30N4O2/c1-14-9-18(2,3)12-19(10-14)16(24)23(17(25)21-19)13-22(8-4-7-20)11-15-5-6-15/h14-15H,4-6,8-13H2,1-3H3,(H,21,25). The topological polar surface area (TPSA) is 76.4 Å². The number of carbonyl (C=O) groups excluding carboxylic acids is 2. The fourth-order valence-electron chi connectivity index (χ4n) is 4.93. The van der Waals surface area contributed by atoms with Crippen molar-refractivity contribution in [2.75, 3.05) is 19.8 Å². The van der Waals surface area contributed by atoms with Crippen molar-refractivity contribution >= 4 is 11.9 Å². The van der Waals surface area contributed by atoms with Crippen LogP contribution in [-0.2, 0) is 4.79 Å². The lowest BCUT2D eigenvalue weighted by atomic mass is 9.64. The molecule has 3 rings (SSSR count). The molecule has 1 saturated heterocycles. The molecule has 1 N–H and O–H groups in total. The Kier molecular flexibility index (Phi) is 4.80. The molecule has 2 unspecified atom stereocenters. The van der Waals surface area contributed by atoms with Crippen LogP contribution in [0.25, 0.3) is 0 Å². The monoisotopic (exact) mass is 346 g/mol. The lowest BCUT2D eigenvalue weighted by molar-refractivity contribution is -0.136. The number of urea groups is 1. The van der Waals surface area contributed by atoms with Crippen molar-refractivity contribution in [1.29, 1.82) is 5.26 Å². The molecule has 1 spiro atoms. The van der Waals surface area contributed by atoms with E-state index in [1.54, 1.807) is 0 Å². The van der Waals surface area contributed by atoms with Crippen molar-refractivity contribution in [2.24, 2.45) is 17.3 Å². The highest BCUT2D eigenvalue weighted by Crippen LogP contribution is 2.46. The minimum Gasteiger partial charge on any atom is -0.323 e. The number of imide groups is 1. The van der Waals surface area contributed by atoms with Crippen molar-refractivity contribution in [2.45, 2.75) is 64.8 Å². The molecule has 2 aliphatic carbocycles. The van der Waals surface area contributed by atoms with Crippen LogP contribution >= 0.6 is 0 Å². The first kappa shape index (κ1) is 18.2. The fraction of sp³-hybridized carbons (Fsp3) is 0.842. The summed E-state index contributed by atoms with van der Waals surface area (Å²) in [6.07, 6.45) is 5.34. The SMILES string of the molecule is CC1CC(C)(C)CC2(C1)NC(=O)N(CN(CCC#N)CC1CC1)C2=O. The van der Waals surface area contributed by atoms with E-state index in [1.165, 1.54) is 17.7 Å². The molecule has 1 aliphatic heterocycles. The van der Waals surface area contributed by atoms with Crippen molar-refractivity contribution in [3.63, 3.8) is 0 Å². The molecule has 3 amide bonds. The van der Waals surface area contributed by atoms with Gasteiger partial charge in [-0.05, 0) is 49.4 Å². The summed E-state index contributed by atoms with van der Waals surface area (Å²) in [4.78, 5) is 29.3. The summed E-state index contributed by atoms with van der Waals surface area (Å²) in [6.45, 7) is 8.31. The quantitative estimate of drug-likeness (QED) is 0.750. The Bertz CT molecular complexity index is 593. The maximum atomic E-state index is 13.2. The Morgan fingerprint density at radius 3 is 2.64 bits per heavy atom. The third-order valence-electron chi connectivity index (χ3n) is 5.72. The van der Waals surface area contributed by atoms with Crippen molar-refractivity contribution < 1.29 is 9.59 Å². The molecular weight excluding hydrogens is 316 g/mol. The first-order chi connectivity index (χ1) is 11.7. The number of carbonyl (C=O) groups is 2. The summed E-state index contributed by atoms with van der Waals surface area (Å²) in [7, 11) is 0. The Labute approximate surface area is 150 Å². The lowest BCUT2D eigenvalue weighted by Gasteiger charge is -2.44. The Hall–Kier alpha value is -1.61. The number of amides is 3. The molecule has 138 valence electrons. The minimum absolute atomic E-state index is 0.0468. The number of hydrogen-bond donors (Lipinski definition) is 1. The summed E-state index contributed by atoms with van der Waals surface area (Å²) >= 11 is 0. The zero-order chi connectivity index (χ0) is 18.2. The Morgan fingerprint density at radius 1 is 1.32 bits per heavy atom. The van der Waals surface area contributed by atoms with Gasteiger partial charge in [0.05, 0.1) is 12.7 Å². The summed E-state index contributed by atoms with van der Waals surface area (Å²) in [5.74, 6) is 0.992. The molecule has 3 aliphatic rings. The Balaban J connectivity index is 1.72. The zero-order valence-electron chi connectivity index (χ0n) is 15.7. The molecule has 0 radical (unpaired) electrons. The molecule has 0 aromatic carbocycles. The van der Waals surface area contributed by atoms with E-state index in [0.717, 1.165) is 19.4 Å². The van der Waals surface area contributed by atoms with E-state index >= 15 is 0 Å². The molecule has 6 heteroatoms. The number of nitrogens with one attached hydrogen (secondary N) is 1. The molecule has 1 heterocycles. The van der Waals surface area contributed by atoms with Gasteiger partial charge >= 0.3 is 6.03 Å². The van der Waals surface area contributed by atoms with E-state index in [2.05, 4.69) is 37.1 Å². The average Bonchev–Trinajstić information content (AvgIpc) is 3.27. The van der Waals surface area contributed by atoms with Crippen molar-refractivity contribution in [1.82, 2.24) is 15.1 Å². The zero-order valence-corrected chi connectivity index (χ0v) is 15.7. The summed E-state index contributed by atoms with van der Waals surface area (Å²) in [5.41, 5.74) is -0.691. The molecule has 0 bridgehead atoms. The first-order valence-corrected chi connectivity index (χ1v) is 9.48. The van der Waals surface area contributed by atoms with Crippen molar-refractivity contribution in [3.8, 4) is 6.07 Å². The van der Waals surface area contributed by atoms with Crippen LogP contribution in [0.2, 0.25) is 0 Å². The van der Waals surface area contributed by atoms with Crippen LogP contribution < -0.4 is 5.32 Å². The van der Waals surface area contributed by atoms with E-state index in [0.29, 0.717) is 37.9 Å². The summed E-state index contributed by atoms with van der Waals surface area (Å²) < 4.78 is 0. The van der Waals surface area contributed by atoms with Crippen LogP contribution in [0.3, 0.4) is 0 Å². The predicted molar refractivity (Wildman–Crippen MR) is 94.3 cm³/mol. The van der Waals surface area contributed by atoms with Gasteiger partial charge < -0.3 is 5.32 Å². The van der Waals surface area contributed by atoms with E-state index in [9.17, 15) is 9.59 Å². The van der Waals surface area contributed by atoms with Gasteiger partial charge in [-0.15, -0.1) is 0 Å². The van der Waals surface area contributed by atoms with Gasteiger partial charge in [0.1, 0.15) is 5.54 Å². The summed E-state index contributed by atoms with van der Waals surface area (Å²) in [6, 6.07) is 1.90. The molecule has 0 aromatic heterocycles. The van der Waals surface area contributed by atoms with Crippen LogP contribution in [0.1, 0.15) is 59.3 Å². The van der Waals surface area contributed by atoms with Gasteiger partial charge in [-0.1, -0.05) is 20.8 Å². The molecule has 2 atom stereocenters. The molecule has 0 aromatic rings. The van der Waals surface area contributed by atoms with Crippen LogP contribution in [0.15, 0.2) is 0 Å². The van der Waals surface area contributed by atoms with Gasteiger partial charge in [0.25, 0.3) is 5.91 Å². The smallest absolute Gasteiger partial charge is 0.323 e. The average molecular weight is 346 g/mol. The highest BCUT2D eigenvalue weighted by Gasteiger charge is 2.56. The van der Waals surface area contributed by atoms with Gasteiger partial charge in [0, 0.05) is 19.5 Å². The van der Waals surface area contributed by atoms with Crippen LogP contribution in [0.5, 0.6) is 0 Å². The number of nitriles is 1. The van der Waals surface area contributed by atoms with Gasteiger partial charge in [0.2, 0.25) is 0 Å². The highest BCUT2D eigenvalue weighted by atomic mass is 16.2. The van der Waals surface area contributed by atoms with Crippen LogP contribution in [0.4, 0.5) is 4.79 Å². The van der Waals surface area contributed by atoms with Crippen molar-refractivity contribution in [3.05, 3.63) is 0 Å². The molecule has 3 fully saturated rings. The normalized spacial score (nSPS) is 31.5. The van der Waals surface area contributed by atoms with Gasteiger partial charge in [-0.3, -0.25) is 9.69 Å². The fourth-order valence-corrected chi connectivity index (χ4v) is 4.93. The number of nitrogens with zero attached hydrogens (tertiary/aromatic N) is 3. The molecule has 2 saturated carbocycles. The van der Waals surface area contributed by atoms with Gasteiger partial charge in [0.15, 0.2) is 0 Å². The van der Waals surface area contributed by atoms with E-state index in [-0.39, 0.29) is 17.4 Å². The lowest BCUT2D eigenvalue weighted by Crippen LogP contribution is -2.54. The van der Waals surface area contributed by atoms with E-state index in [1.807, 2.05) is 0 Å². The van der Waals surface area contributed by atoms with E-state index < -0.39 is 5.54 Å². The minimum atomic E-state index is -0.737. The van der Waals surface area contributed by atoms with Crippen LogP contribution in [0, 0.1) is 28.6 Å². The second-order valence-electron chi connectivity index (χ2n) is 9.17. The van der Waals surface area contributed by atoms with Gasteiger partial charge in [-0.25, -0.2) is 9.69 Å². The Morgan fingerprint density at radius 2 is 2.04 bits per heavy atom. The molecular formula is C19H30N4O2.